The van der Waals surface area contributed by atoms with Gasteiger partial charge in [0, 0.05) is 24.9 Å². The molecule has 0 saturated heterocycles. The topological polar surface area (TPSA) is 132 Å². The maximum absolute atomic E-state index is 12.7. The van der Waals surface area contributed by atoms with E-state index in [1.54, 1.807) is 6.08 Å². The van der Waals surface area contributed by atoms with Crippen LogP contribution in [-0.4, -0.2) is 77.6 Å². The first-order valence-corrected chi connectivity index (χ1v) is 11.6. The van der Waals surface area contributed by atoms with Gasteiger partial charge in [0.25, 0.3) is 0 Å². The summed E-state index contributed by atoms with van der Waals surface area (Å²) in [5.74, 6) is -1.96. The van der Waals surface area contributed by atoms with Crippen molar-refractivity contribution in [3.63, 3.8) is 0 Å². The van der Waals surface area contributed by atoms with E-state index >= 15 is 0 Å². The van der Waals surface area contributed by atoms with E-state index in [1.165, 1.54) is 7.11 Å². The summed E-state index contributed by atoms with van der Waals surface area (Å²) in [6.45, 7) is 5.72. The molecular formula is C25H31NO9. The maximum atomic E-state index is 12.7. The molecule has 190 valence electrons. The van der Waals surface area contributed by atoms with Gasteiger partial charge in [-0.1, -0.05) is 13.0 Å². The monoisotopic (exact) mass is 489 g/mol. The number of rotatable bonds is 8. The van der Waals surface area contributed by atoms with Gasteiger partial charge in [-0.2, -0.15) is 0 Å². The van der Waals surface area contributed by atoms with Crippen molar-refractivity contribution < 1.29 is 43.5 Å². The zero-order valence-corrected chi connectivity index (χ0v) is 20.5. The van der Waals surface area contributed by atoms with Crippen molar-refractivity contribution in [1.29, 1.82) is 0 Å². The highest BCUT2D eigenvalue weighted by molar-refractivity contribution is 5.83. The summed E-state index contributed by atoms with van der Waals surface area (Å²) in [5.41, 5.74) is -0.348. The van der Waals surface area contributed by atoms with Crippen LogP contribution in [-0.2, 0) is 35.7 Å². The third-order valence-corrected chi connectivity index (χ3v) is 7.64. The summed E-state index contributed by atoms with van der Waals surface area (Å²) in [7, 11) is 3.50. The normalized spacial score (nSPS) is 28.9. The van der Waals surface area contributed by atoms with Crippen molar-refractivity contribution in [2.24, 2.45) is 0 Å². The SMILES string of the molecule is CCN(C)[C@@H]1Cc2ccc(OC)c3c2[C@@]2(C)[C@@H](O3)C(OC(=O)C[C@H](OC(C)=O)C(=O)O)=CC[C@@]12O. The number of hydrogen-bond donors (Lipinski definition) is 2. The summed E-state index contributed by atoms with van der Waals surface area (Å²) >= 11 is 0. The molecule has 0 unspecified atom stereocenters. The Morgan fingerprint density at radius 2 is 2.03 bits per heavy atom. The molecule has 0 fully saturated rings. The fourth-order valence-corrected chi connectivity index (χ4v) is 5.75. The van der Waals surface area contributed by atoms with E-state index in [1.807, 2.05) is 33.0 Å². The Morgan fingerprint density at radius 3 is 2.63 bits per heavy atom. The van der Waals surface area contributed by atoms with Crippen LogP contribution in [0.1, 0.15) is 44.7 Å². The molecule has 3 aliphatic rings. The van der Waals surface area contributed by atoms with Gasteiger partial charge >= 0.3 is 17.9 Å². The molecule has 35 heavy (non-hydrogen) atoms. The molecule has 10 heteroatoms. The van der Waals surface area contributed by atoms with Crippen LogP contribution in [0.3, 0.4) is 0 Å². The van der Waals surface area contributed by atoms with Crippen molar-refractivity contribution in [3.05, 3.63) is 35.1 Å². The molecule has 2 N–H and O–H groups in total. The Bertz CT molecular complexity index is 1100. The highest BCUT2D eigenvalue weighted by atomic mass is 16.6. The van der Waals surface area contributed by atoms with E-state index in [0.717, 1.165) is 24.6 Å². The van der Waals surface area contributed by atoms with E-state index < -0.39 is 47.6 Å². The van der Waals surface area contributed by atoms with Crippen molar-refractivity contribution in [2.45, 2.75) is 69.3 Å². The highest BCUT2D eigenvalue weighted by Gasteiger charge is 2.68. The lowest BCUT2D eigenvalue weighted by atomic mass is 9.54. The number of methoxy groups -OCH3 is 1. The lowest BCUT2D eigenvalue weighted by molar-refractivity contribution is -0.167. The van der Waals surface area contributed by atoms with Gasteiger partial charge in [0.1, 0.15) is 5.76 Å². The molecule has 0 radical (unpaired) electrons. The van der Waals surface area contributed by atoms with Crippen molar-refractivity contribution >= 4 is 17.9 Å². The fraction of sp³-hybridized carbons (Fsp3) is 0.560. The van der Waals surface area contributed by atoms with E-state index in [-0.39, 0.29) is 18.2 Å². The van der Waals surface area contributed by atoms with Crippen LogP contribution >= 0.6 is 0 Å². The van der Waals surface area contributed by atoms with Gasteiger partial charge in [0.05, 0.1) is 24.5 Å². The summed E-state index contributed by atoms with van der Waals surface area (Å²) in [4.78, 5) is 37.4. The molecule has 1 aromatic rings. The van der Waals surface area contributed by atoms with Gasteiger partial charge in [0.15, 0.2) is 17.6 Å². The van der Waals surface area contributed by atoms with E-state index in [0.29, 0.717) is 17.9 Å². The lowest BCUT2D eigenvalue weighted by Crippen LogP contribution is -2.69. The van der Waals surface area contributed by atoms with Crippen molar-refractivity contribution in [2.75, 3.05) is 20.7 Å². The number of ether oxygens (including phenoxy) is 4. The summed E-state index contributed by atoms with van der Waals surface area (Å²) < 4.78 is 22.2. The number of aliphatic carboxylic acids is 1. The second-order valence-electron chi connectivity index (χ2n) is 9.47. The first-order valence-electron chi connectivity index (χ1n) is 11.6. The predicted molar refractivity (Wildman–Crippen MR) is 122 cm³/mol. The van der Waals surface area contributed by atoms with Crippen LogP contribution in [0.4, 0.5) is 0 Å². The average molecular weight is 490 g/mol. The maximum Gasteiger partial charge on any atom is 0.345 e. The first kappa shape index (κ1) is 25.0. The van der Waals surface area contributed by atoms with Gasteiger partial charge in [0.2, 0.25) is 6.10 Å². The molecule has 0 spiro atoms. The minimum atomic E-state index is -1.66. The third kappa shape index (κ3) is 3.75. The predicted octanol–water partition coefficient (Wildman–Crippen LogP) is 1.56. The number of esters is 2. The number of carboxylic acids is 1. The number of aliphatic hydroxyl groups is 1. The van der Waals surface area contributed by atoms with Gasteiger partial charge in [-0.25, -0.2) is 4.79 Å². The summed E-state index contributed by atoms with van der Waals surface area (Å²) in [6.07, 6.45) is -0.731. The Morgan fingerprint density at radius 1 is 1.31 bits per heavy atom. The number of nitrogens with zero attached hydrogens (tertiary/aromatic N) is 1. The van der Waals surface area contributed by atoms with Crippen LogP contribution in [0.2, 0.25) is 0 Å². The molecule has 1 aromatic carbocycles. The molecule has 0 bridgehead atoms. The van der Waals surface area contributed by atoms with E-state index in [9.17, 15) is 24.6 Å². The molecule has 4 rings (SSSR count). The number of carboxylic acid groups (broad SMARTS) is 1. The molecule has 0 aromatic heterocycles. The zero-order valence-electron chi connectivity index (χ0n) is 20.5. The van der Waals surface area contributed by atoms with E-state index in [4.69, 9.17) is 18.9 Å². The number of likely N-dealkylation sites (N-methyl/N-ethyl adjacent to an activating group) is 1. The zero-order chi connectivity index (χ0) is 25.7. The van der Waals surface area contributed by atoms with Crippen LogP contribution < -0.4 is 9.47 Å². The molecule has 1 aliphatic heterocycles. The Balaban J connectivity index is 1.72. The van der Waals surface area contributed by atoms with Crippen LogP contribution in [0.25, 0.3) is 0 Å². The summed E-state index contributed by atoms with van der Waals surface area (Å²) in [6, 6.07) is 3.59. The summed E-state index contributed by atoms with van der Waals surface area (Å²) in [5, 5.41) is 21.5. The van der Waals surface area contributed by atoms with Gasteiger partial charge in [-0.3, -0.25) is 9.59 Å². The number of carbonyl (C=O) groups excluding carboxylic acids is 2. The minimum Gasteiger partial charge on any atom is -0.493 e. The molecule has 0 saturated carbocycles. The quantitative estimate of drug-likeness (QED) is 0.519. The Kier molecular flexibility index (Phi) is 6.31. The number of carbonyl (C=O) groups is 3. The molecule has 10 nitrogen and oxygen atoms in total. The minimum absolute atomic E-state index is 0.179. The molecular weight excluding hydrogens is 458 g/mol. The van der Waals surface area contributed by atoms with Crippen LogP contribution in [0.15, 0.2) is 24.0 Å². The van der Waals surface area contributed by atoms with Crippen LogP contribution in [0, 0.1) is 0 Å². The van der Waals surface area contributed by atoms with E-state index in [2.05, 4.69) is 4.90 Å². The highest BCUT2D eigenvalue weighted by Crippen LogP contribution is 2.62. The number of hydrogen-bond acceptors (Lipinski definition) is 9. The Labute approximate surface area is 203 Å². The van der Waals surface area contributed by atoms with Crippen molar-refractivity contribution in [1.82, 2.24) is 4.90 Å². The Hall–Kier alpha value is -3.11. The molecule has 5 atom stereocenters. The smallest absolute Gasteiger partial charge is 0.345 e. The molecule has 0 amide bonds. The molecule has 1 heterocycles. The van der Waals surface area contributed by atoms with Gasteiger partial charge in [-0.15, -0.1) is 0 Å². The van der Waals surface area contributed by atoms with Crippen molar-refractivity contribution in [3.8, 4) is 11.5 Å². The second-order valence-corrected chi connectivity index (χ2v) is 9.47. The first-order chi connectivity index (χ1) is 16.5. The second kappa shape index (κ2) is 8.83. The van der Waals surface area contributed by atoms with Gasteiger partial charge < -0.3 is 34.1 Å². The standard InChI is InChI=1S/C25H31NO9/c1-6-26(4)18-11-14-7-8-15(32-5)21-20(14)24(3)22(35-21)16(9-10-25(18,24)31)34-19(28)12-17(23(29)30)33-13(2)27/h7-9,17-18,22,31H,6,10-12H2,1-5H3,(H,29,30)/t17-,18+,22-,24-,25+/m0/s1. The fourth-order valence-electron chi connectivity index (χ4n) is 5.75. The molecule has 2 aliphatic carbocycles. The van der Waals surface area contributed by atoms with Gasteiger partial charge in [-0.05, 0) is 44.6 Å². The number of benzene rings is 1. The average Bonchev–Trinajstić information content (AvgIpc) is 3.13. The third-order valence-electron chi connectivity index (χ3n) is 7.64. The largest absolute Gasteiger partial charge is 0.493 e. The van der Waals surface area contributed by atoms with Crippen LogP contribution in [0.5, 0.6) is 11.5 Å². The lowest BCUT2D eigenvalue weighted by Gasteiger charge is -2.56.